The van der Waals surface area contributed by atoms with Gasteiger partial charge in [0.05, 0.1) is 12.3 Å². The van der Waals surface area contributed by atoms with Gasteiger partial charge in [-0.25, -0.2) is 0 Å². The van der Waals surface area contributed by atoms with E-state index in [4.69, 9.17) is 10.5 Å². The summed E-state index contributed by atoms with van der Waals surface area (Å²) < 4.78 is 5.70. The molecule has 1 saturated heterocycles. The highest BCUT2D eigenvalue weighted by molar-refractivity contribution is 5.75. The van der Waals surface area contributed by atoms with Gasteiger partial charge in [-0.05, 0) is 41.9 Å². The van der Waals surface area contributed by atoms with Gasteiger partial charge >= 0.3 is 6.01 Å². The summed E-state index contributed by atoms with van der Waals surface area (Å²) in [4.78, 5) is 11.5. The minimum Gasteiger partial charge on any atom is -0.463 e. The summed E-state index contributed by atoms with van der Waals surface area (Å²) in [5.74, 6) is 1.44. The van der Waals surface area contributed by atoms with Crippen molar-refractivity contribution in [2.45, 2.75) is 52.5 Å². The number of rotatable bonds is 9. The fourth-order valence-corrected chi connectivity index (χ4v) is 4.10. The number of ether oxygens (including phenoxy) is 1. The lowest BCUT2D eigenvalue weighted by Crippen LogP contribution is -2.45. The third kappa shape index (κ3) is 4.61. The fraction of sp³-hybridized carbons (Fsp3) is 0.500. The monoisotopic (exact) mass is 392 g/mol. The van der Waals surface area contributed by atoms with Crippen LogP contribution in [0.3, 0.4) is 0 Å². The number of likely N-dealkylation sites (tertiary alicyclic amines) is 1. The molecule has 1 aliphatic heterocycles. The largest absolute Gasteiger partial charge is 0.463 e. The molecule has 5 heteroatoms. The number of allylic oxidation sites excluding steroid dienone is 2. The number of nitrogens with zero attached hydrogens (tertiary/aromatic N) is 3. The molecule has 1 aliphatic carbocycles. The molecule has 1 aromatic carbocycles. The minimum absolute atomic E-state index is 0.401. The van der Waals surface area contributed by atoms with Crippen molar-refractivity contribution in [3.05, 3.63) is 52.7 Å². The Bertz CT molecular complexity index is 869. The summed E-state index contributed by atoms with van der Waals surface area (Å²) >= 11 is 0. The lowest BCUT2D eigenvalue weighted by atomic mass is 9.96. The highest BCUT2D eigenvalue weighted by atomic mass is 16.5. The molecule has 0 unspecified atom stereocenters. The average Bonchev–Trinajstić information content (AvgIpc) is 3.09. The van der Waals surface area contributed by atoms with Crippen LogP contribution in [0, 0.1) is 5.92 Å². The molecule has 0 radical (unpaired) electrons. The molecular weight excluding hydrogens is 360 g/mol. The molecule has 154 valence electrons. The molecule has 2 aliphatic rings. The summed E-state index contributed by atoms with van der Waals surface area (Å²) in [6, 6.07) is 9.41. The molecule has 0 atom stereocenters. The minimum atomic E-state index is 0.401. The second-order valence-electron chi connectivity index (χ2n) is 8.32. The maximum atomic E-state index is 6.17. The zero-order chi connectivity index (χ0) is 20.2. The summed E-state index contributed by atoms with van der Waals surface area (Å²) in [5, 5.41) is 0. The van der Waals surface area contributed by atoms with E-state index in [0.29, 0.717) is 18.4 Å². The molecule has 0 spiro atoms. The van der Waals surface area contributed by atoms with Crippen LogP contribution in [0.15, 0.2) is 30.3 Å². The number of fused-ring (bicyclic) bond motifs is 1. The molecule has 0 bridgehead atoms. The van der Waals surface area contributed by atoms with Crippen molar-refractivity contribution >= 4 is 11.4 Å². The Hall–Kier alpha value is -2.40. The van der Waals surface area contributed by atoms with Crippen LogP contribution in [0.4, 0.5) is 5.82 Å². The van der Waals surface area contributed by atoms with E-state index in [1.165, 1.54) is 36.2 Å². The molecule has 2 aromatic rings. The Balaban J connectivity index is 1.39. The summed E-state index contributed by atoms with van der Waals surface area (Å²) in [6.07, 6.45) is 7.26. The summed E-state index contributed by atoms with van der Waals surface area (Å²) in [6.45, 7) is 8.59. The van der Waals surface area contributed by atoms with Gasteiger partial charge in [0.25, 0.3) is 0 Å². The first-order chi connectivity index (χ1) is 14.2. The Kier molecular flexibility index (Phi) is 6.14. The van der Waals surface area contributed by atoms with Crippen molar-refractivity contribution in [3.8, 4) is 6.01 Å². The second-order valence-corrected chi connectivity index (χ2v) is 8.32. The number of benzene rings is 1. The number of nitrogen functional groups attached to an aromatic ring is 1. The van der Waals surface area contributed by atoms with Crippen LogP contribution >= 0.6 is 0 Å². The normalized spacial score (nSPS) is 16.4. The number of nitrogens with two attached hydrogens (primary N) is 1. The smallest absolute Gasteiger partial charge is 0.318 e. The van der Waals surface area contributed by atoms with E-state index in [0.717, 1.165) is 49.4 Å². The molecular formula is C24H32N4O. The highest BCUT2D eigenvalue weighted by Gasteiger charge is 2.25. The predicted octanol–water partition coefficient (Wildman–Crippen LogP) is 4.26. The van der Waals surface area contributed by atoms with Crippen LogP contribution in [0.2, 0.25) is 0 Å². The maximum Gasteiger partial charge on any atom is 0.318 e. The topological polar surface area (TPSA) is 64.3 Å². The van der Waals surface area contributed by atoms with Crippen molar-refractivity contribution in [1.82, 2.24) is 14.9 Å². The first kappa shape index (κ1) is 19.9. The Labute approximate surface area is 174 Å². The van der Waals surface area contributed by atoms with E-state index in [9.17, 15) is 0 Å². The van der Waals surface area contributed by atoms with Gasteiger partial charge in [-0.2, -0.15) is 9.97 Å². The van der Waals surface area contributed by atoms with Crippen LogP contribution in [-0.4, -0.2) is 34.6 Å². The predicted molar refractivity (Wildman–Crippen MR) is 118 cm³/mol. The second kappa shape index (κ2) is 8.95. The number of unbranched alkanes of at least 4 members (excludes halogenated alkanes) is 1. The van der Waals surface area contributed by atoms with Gasteiger partial charge in [0.2, 0.25) is 0 Å². The van der Waals surface area contributed by atoms with E-state index in [-0.39, 0.29) is 0 Å². The van der Waals surface area contributed by atoms with Gasteiger partial charge in [-0.15, -0.1) is 0 Å². The molecule has 1 aromatic heterocycles. The van der Waals surface area contributed by atoms with Crippen LogP contribution in [0.25, 0.3) is 5.57 Å². The van der Waals surface area contributed by atoms with E-state index in [1.807, 2.05) is 0 Å². The lowest BCUT2D eigenvalue weighted by Gasteiger charge is -2.38. The zero-order valence-electron chi connectivity index (χ0n) is 17.7. The highest BCUT2D eigenvalue weighted by Crippen LogP contribution is 2.33. The van der Waals surface area contributed by atoms with E-state index in [1.54, 1.807) is 0 Å². The van der Waals surface area contributed by atoms with Crippen molar-refractivity contribution in [2.24, 2.45) is 5.92 Å². The Morgan fingerprint density at radius 2 is 1.86 bits per heavy atom. The van der Waals surface area contributed by atoms with E-state index >= 15 is 0 Å². The SMILES string of the molecule is CCCCOc1nc(N)c2c(n1)C(Cc1ccc(CN3CC(CC)C3)cc1)=CC2. The van der Waals surface area contributed by atoms with Gasteiger partial charge in [0, 0.05) is 25.2 Å². The molecule has 2 N–H and O–H groups in total. The van der Waals surface area contributed by atoms with Gasteiger partial charge < -0.3 is 10.5 Å². The molecule has 0 amide bonds. The first-order valence-electron chi connectivity index (χ1n) is 10.9. The van der Waals surface area contributed by atoms with Gasteiger partial charge in [0.15, 0.2) is 0 Å². The van der Waals surface area contributed by atoms with E-state index in [2.05, 4.69) is 59.1 Å². The van der Waals surface area contributed by atoms with Gasteiger partial charge in [0.1, 0.15) is 5.82 Å². The number of aromatic nitrogens is 2. The van der Waals surface area contributed by atoms with Crippen molar-refractivity contribution in [3.63, 3.8) is 0 Å². The standard InChI is InChI=1S/C24H32N4O/c1-3-5-12-29-24-26-22-20(10-11-21(22)23(25)27-24)13-18-6-8-19(9-7-18)16-28-14-17(4-2)15-28/h6-10,17H,3-5,11-16H2,1-2H3,(H2,25,26,27). The number of anilines is 1. The van der Waals surface area contributed by atoms with Crippen LogP contribution in [0.1, 0.15) is 55.5 Å². The third-order valence-electron chi connectivity index (χ3n) is 6.04. The van der Waals surface area contributed by atoms with E-state index < -0.39 is 0 Å². The van der Waals surface area contributed by atoms with Crippen molar-refractivity contribution < 1.29 is 4.74 Å². The number of hydrogen-bond donors (Lipinski definition) is 1. The summed E-state index contributed by atoms with van der Waals surface area (Å²) in [7, 11) is 0. The zero-order valence-corrected chi connectivity index (χ0v) is 17.7. The van der Waals surface area contributed by atoms with Crippen LogP contribution in [0.5, 0.6) is 6.01 Å². The quantitative estimate of drug-likeness (QED) is 0.646. The first-order valence-corrected chi connectivity index (χ1v) is 10.9. The fourth-order valence-electron chi connectivity index (χ4n) is 4.10. The third-order valence-corrected chi connectivity index (χ3v) is 6.04. The Morgan fingerprint density at radius 3 is 2.59 bits per heavy atom. The van der Waals surface area contributed by atoms with Crippen molar-refractivity contribution in [1.29, 1.82) is 0 Å². The lowest BCUT2D eigenvalue weighted by molar-refractivity contribution is 0.0899. The molecule has 29 heavy (non-hydrogen) atoms. The van der Waals surface area contributed by atoms with Gasteiger partial charge in [-0.1, -0.05) is 57.0 Å². The number of hydrogen-bond acceptors (Lipinski definition) is 5. The van der Waals surface area contributed by atoms with Crippen LogP contribution < -0.4 is 10.5 Å². The molecule has 2 heterocycles. The molecule has 1 fully saturated rings. The summed E-state index contributed by atoms with van der Waals surface area (Å²) in [5.41, 5.74) is 12.1. The van der Waals surface area contributed by atoms with Crippen molar-refractivity contribution in [2.75, 3.05) is 25.4 Å². The van der Waals surface area contributed by atoms with Gasteiger partial charge in [-0.3, -0.25) is 4.90 Å². The van der Waals surface area contributed by atoms with Crippen LogP contribution in [-0.2, 0) is 19.4 Å². The Morgan fingerprint density at radius 1 is 1.10 bits per heavy atom. The molecule has 5 nitrogen and oxygen atoms in total. The average molecular weight is 393 g/mol. The molecule has 0 saturated carbocycles. The maximum absolute atomic E-state index is 6.17. The molecule has 4 rings (SSSR count).